The molecule has 0 atom stereocenters. The highest BCUT2D eigenvalue weighted by molar-refractivity contribution is 6.17. The van der Waals surface area contributed by atoms with Crippen LogP contribution in [0.1, 0.15) is 67.5 Å². The van der Waals surface area contributed by atoms with E-state index in [-0.39, 0.29) is 33.4 Å². The number of benzene rings is 5. The monoisotopic (exact) mass is 567 g/mol. The van der Waals surface area contributed by atoms with Gasteiger partial charge in [-0.1, -0.05) is 91.7 Å². The number of nitrogens with zero attached hydrogens (tertiary/aromatic N) is 1. The molecule has 1 aliphatic carbocycles. The molecule has 1 fully saturated rings. The first-order chi connectivity index (χ1) is 25.0. The van der Waals surface area contributed by atoms with Gasteiger partial charge in [0.15, 0.2) is 0 Å². The lowest BCUT2D eigenvalue weighted by Gasteiger charge is -2.16. The van der Waals surface area contributed by atoms with Crippen LogP contribution in [0.5, 0.6) is 0 Å². The van der Waals surface area contributed by atoms with Crippen molar-refractivity contribution < 1.29 is 18.1 Å². The van der Waals surface area contributed by atoms with Gasteiger partial charge in [0, 0.05) is 41.6 Å². The first kappa shape index (κ1) is 17.4. The van der Waals surface area contributed by atoms with E-state index in [1.165, 1.54) is 24.4 Å². The summed E-state index contributed by atoms with van der Waals surface area (Å²) in [6.07, 6.45) is 4.65. The number of aromatic nitrogens is 1. The van der Waals surface area contributed by atoms with Crippen LogP contribution in [0.15, 0.2) is 108 Å². The number of furan rings is 1. The summed E-state index contributed by atoms with van der Waals surface area (Å²) in [6.45, 7) is -8.14. The van der Waals surface area contributed by atoms with Gasteiger partial charge in [0.25, 0.3) is 0 Å². The molecule has 2 nitrogen and oxygen atoms in total. The second kappa shape index (κ2) is 10.2. The van der Waals surface area contributed by atoms with E-state index < -0.39 is 26.4 Å². The number of pyridine rings is 1. The van der Waals surface area contributed by atoms with Crippen LogP contribution in [0.4, 0.5) is 0 Å². The minimum Gasteiger partial charge on any atom is -0.455 e. The van der Waals surface area contributed by atoms with E-state index in [9.17, 15) is 0 Å². The van der Waals surface area contributed by atoms with Gasteiger partial charge in [-0.25, -0.2) is 0 Å². The third kappa shape index (κ3) is 4.36. The van der Waals surface area contributed by atoms with Crippen molar-refractivity contribution in [3.05, 3.63) is 126 Å². The molecule has 210 valence electrons. The fourth-order valence-corrected chi connectivity index (χ4v) is 6.59. The molecule has 8 rings (SSSR count). The van der Waals surface area contributed by atoms with Crippen LogP contribution < -0.4 is 0 Å². The summed E-state index contributed by atoms with van der Waals surface area (Å²) < 4.78 is 92.1. The third-order valence-electron chi connectivity index (χ3n) is 8.83. The molecule has 0 saturated heterocycles. The van der Waals surface area contributed by atoms with Crippen LogP contribution in [-0.4, -0.2) is 4.98 Å². The molecule has 2 aromatic heterocycles. The zero-order valence-electron chi connectivity index (χ0n) is 33.5. The smallest absolute Gasteiger partial charge is 0.144 e. The largest absolute Gasteiger partial charge is 0.455 e. The Hall–Kier alpha value is -4.69. The molecule has 1 aliphatic rings. The zero-order valence-corrected chi connectivity index (χ0v) is 23.5. The van der Waals surface area contributed by atoms with Crippen molar-refractivity contribution in [2.75, 3.05) is 0 Å². The molecule has 43 heavy (non-hydrogen) atoms. The minimum absolute atomic E-state index is 0.0230. The molecule has 1 saturated carbocycles. The van der Waals surface area contributed by atoms with Gasteiger partial charge in [0.2, 0.25) is 0 Å². The molecule has 0 unspecified atom stereocenters. The Morgan fingerprint density at radius 2 is 1.37 bits per heavy atom. The van der Waals surface area contributed by atoms with Crippen LogP contribution in [0.3, 0.4) is 0 Å². The predicted molar refractivity (Wildman–Crippen MR) is 181 cm³/mol. The molecule has 0 amide bonds. The molecule has 7 aromatic rings. The van der Waals surface area contributed by atoms with Gasteiger partial charge in [-0.3, -0.25) is 4.98 Å². The Morgan fingerprint density at radius 3 is 2.21 bits per heavy atom. The summed E-state index contributed by atoms with van der Waals surface area (Å²) in [6, 6.07) is 28.8. The Morgan fingerprint density at radius 1 is 0.651 bits per heavy atom. The maximum atomic E-state index is 8.91. The number of rotatable bonds is 4. The lowest BCUT2D eigenvalue weighted by molar-refractivity contribution is 0.673. The van der Waals surface area contributed by atoms with Gasteiger partial charge in [-0.2, -0.15) is 0 Å². The van der Waals surface area contributed by atoms with Crippen molar-refractivity contribution in [2.24, 2.45) is 0 Å². The average Bonchev–Trinajstić information content (AvgIpc) is 3.74. The molecule has 0 aliphatic heterocycles. The van der Waals surface area contributed by atoms with Crippen molar-refractivity contribution in [1.29, 1.82) is 0 Å². The lowest BCUT2D eigenvalue weighted by Crippen LogP contribution is -1.95. The summed E-state index contributed by atoms with van der Waals surface area (Å²) in [5, 5.41) is 3.68. The lowest BCUT2D eigenvalue weighted by atomic mass is 9.89. The topological polar surface area (TPSA) is 26.0 Å². The third-order valence-corrected chi connectivity index (χ3v) is 8.83. The van der Waals surface area contributed by atoms with Crippen LogP contribution >= 0.6 is 0 Å². The van der Waals surface area contributed by atoms with Crippen molar-refractivity contribution >= 4 is 32.7 Å². The van der Waals surface area contributed by atoms with Gasteiger partial charge < -0.3 is 4.42 Å². The fourth-order valence-electron chi connectivity index (χ4n) is 6.59. The average molecular weight is 568 g/mol. The summed E-state index contributed by atoms with van der Waals surface area (Å²) in [5.41, 5.74) is 3.18. The maximum Gasteiger partial charge on any atom is 0.144 e. The summed E-state index contributed by atoms with van der Waals surface area (Å²) in [5.74, 6) is -0.704. The molecule has 0 radical (unpaired) electrons. The van der Waals surface area contributed by atoms with E-state index in [0.717, 1.165) is 52.8 Å². The van der Waals surface area contributed by atoms with Crippen LogP contribution in [0.25, 0.3) is 66.2 Å². The molecule has 0 spiro atoms. The van der Waals surface area contributed by atoms with Crippen molar-refractivity contribution in [3.63, 3.8) is 0 Å². The Labute approximate surface area is 267 Å². The minimum atomic E-state index is -2.75. The van der Waals surface area contributed by atoms with Gasteiger partial charge in [0.05, 0.1) is 5.69 Å². The second-order valence-electron chi connectivity index (χ2n) is 11.4. The van der Waals surface area contributed by atoms with Gasteiger partial charge in [-0.15, -0.1) is 0 Å². The van der Waals surface area contributed by atoms with E-state index in [0.29, 0.717) is 28.0 Å². The van der Waals surface area contributed by atoms with E-state index in [4.69, 9.17) is 18.1 Å². The first-order valence-electron chi connectivity index (χ1n) is 19.7. The van der Waals surface area contributed by atoms with Crippen molar-refractivity contribution in [1.82, 2.24) is 4.98 Å². The molecular formula is C41H35NO. The fraction of sp³-hybridized carbons (Fsp3) is 0.195. The molecule has 0 N–H and O–H groups in total. The number of aryl methyl sites for hydroxylation is 3. The van der Waals surface area contributed by atoms with Crippen LogP contribution in [0, 0.1) is 20.6 Å². The van der Waals surface area contributed by atoms with Gasteiger partial charge in [0.1, 0.15) is 11.2 Å². The molecule has 2 heteroatoms. The molecular weight excluding hydrogens is 522 g/mol. The van der Waals surface area contributed by atoms with E-state index in [2.05, 4.69) is 4.98 Å². The first-order valence-corrected chi connectivity index (χ1v) is 14.7. The van der Waals surface area contributed by atoms with Crippen LogP contribution in [0.2, 0.25) is 0 Å². The van der Waals surface area contributed by atoms with Gasteiger partial charge in [-0.05, 0) is 107 Å². The number of hydrogen-bond acceptors (Lipinski definition) is 2. The normalized spacial score (nSPS) is 19.0. The van der Waals surface area contributed by atoms with Crippen molar-refractivity contribution in [3.8, 4) is 33.5 Å². The highest BCUT2D eigenvalue weighted by Crippen LogP contribution is 2.41. The second-order valence-corrected chi connectivity index (χ2v) is 11.4. The van der Waals surface area contributed by atoms with Crippen molar-refractivity contribution in [2.45, 2.75) is 52.1 Å². The molecule has 0 bridgehead atoms. The Kier molecular flexibility index (Phi) is 4.15. The number of fused-ring (bicyclic) bond motifs is 5. The highest BCUT2D eigenvalue weighted by atomic mass is 16.3. The standard InChI is InChI=1S/C41H35NO/c1-25-22-37(26(2)21-36(25)31-17-15-29(16-18-31)28-9-4-5-10-28)38-23-39(42-24-27(38)3)35-14-8-13-33-34-20-19-30-11-6-7-12-32(30)40(34)43-41(33)35/h6-8,11-24,28H,4-5,9-10H2,1-3H3/i1D3,2D3,3D3,28D. The van der Waals surface area contributed by atoms with E-state index in [1.54, 1.807) is 12.1 Å². The predicted octanol–water partition coefficient (Wildman–Crippen LogP) is 11.7. The highest BCUT2D eigenvalue weighted by Gasteiger charge is 2.19. The Balaban J connectivity index is 1.35. The van der Waals surface area contributed by atoms with Crippen LogP contribution in [-0.2, 0) is 0 Å². The van der Waals surface area contributed by atoms with E-state index in [1.807, 2.05) is 66.7 Å². The number of hydrogen-bond donors (Lipinski definition) is 0. The number of para-hydroxylation sites is 1. The van der Waals surface area contributed by atoms with E-state index >= 15 is 0 Å². The Bertz CT molecular complexity index is 2540. The SMILES string of the molecule is [2H]C([2H])([2H])c1cc(-c2cc(-c3cccc4c3oc3c5ccccc5ccc43)ncc2C([2H])([2H])[2H])c(C([2H])([2H])[2H])cc1-c1ccc(C2([2H])CCCC2)cc1. The molecule has 5 aromatic carbocycles. The molecule has 2 heterocycles. The maximum absolute atomic E-state index is 8.91. The summed E-state index contributed by atoms with van der Waals surface area (Å²) >= 11 is 0. The summed E-state index contributed by atoms with van der Waals surface area (Å²) in [4.78, 5) is 4.57. The summed E-state index contributed by atoms with van der Waals surface area (Å²) in [7, 11) is 0. The quantitative estimate of drug-likeness (QED) is 0.211. The zero-order chi connectivity index (χ0) is 37.5. The van der Waals surface area contributed by atoms with Gasteiger partial charge >= 0.3 is 0 Å².